The molecular weight excluding hydrogens is 921 g/mol. The van der Waals surface area contributed by atoms with Gasteiger partial charge in [-0.25, -0.2) is 0 Å². The molecule has 0 amide bonds. The van der Waals surface area contributed by atoms with Crippen molar-refractivity contribution in [2.75, 3.05) is 4.90 Å². The Bertz CT molecular complexity index is 3830. The van der Waals surface area contributed by atoms with Crippen molar-refractivity contribution >= 4 is 87.8 Å². The van der Waals surface area contributed by atoms with E-state index < -0.39 is 21.6 Å². The molecule has 2 unspecified atom stereocenters. The molecule has 11 aromatic rings. The van der Waals surface area contributed by atoms with Crippen LogP contribution in [0.5, 0.6) is 0 Å². The third-order valence-corrected chi connectivity index (χ3v) is 20.8. The van der Waals surface area contributed by atoms with E-state index in [9.17, 15) is 0 Å². The highest BCUT2D eigenvalue weighted by Gasteiger charge is 2.52. The Kier molecular flexibility index (Phi) is 10.5. The first-order valence-electron chi connectivity index (χ1n) is 25.4. The maximum atomic E-state index is 5.10. The van der Waals surface area contributed by atoms with Gasteiger partial charge in [0.15, 0.2) is 0 Å². The molecule has 13 rings (SSSR count). The molecule has 0 fully saturated rings. The maximum Gasteiger partial charge on any atom is 0.0775 e. The molecule has 1 spiro atoms. The Labute approximate surface area is 430 Å². The van der Waals surface area contributed by atoms with Crippen LogP contribution in [0.1, 0.15) is 44.9 Å². The number of benzene rings is 10. The van der Waals surface area contributed by atoms with Gasteiger partial charge in [-0.2, -0.15) is 0 Å². The van der Waals surface area contributed by atoms with Gasteiger partial charge in [0.1, 0.15) is 0 Å². The molecule has 2 atom stereocenters. The molecule has 10 aromatic carbocycles. The van der Waals surface area contributed by atoms with Crippen molar-refractivity contribution in [3.8, 4) is 11.1 Å². The zero-order chi connectivity index (χ0) is 48.9. The fourth-order valence-electron chi connectivity index (χ4n) is 12.0. The number of para-hydroxylation sites is 1. The van der Waals surface area contributed by atoms with E-state index in [1.807, 2.05) is 18.0 Å². The Morgan fingerprint density at radius 3 is 1.67 bits per heavy atom. The number of fused-ring (bicyclic) bond motifs is 13. The highest BCUT2D eigenvalue weighted by Crippen LogP contribution is 2.65. The smallest absolute Gasteiger partial charge is 0.0775 e. The van der Waals surface area contributed by atoms with Gasteiger partial charge in [0.2, 0.25) is 0 Å². The van der Waals surface area contributed by atoms with E-state index in [4.69, 9.17) is 4.98 Å². The summed E-state index contributed by atoms with van der Waals surface area (Å²) >= 11 is 1.91. The molecule has 0 bridgehead atoms. The summed E-state index contributed by atoms with van der Waals surface area (Å²) < 4.78 is 0. The molecule has 2 heterocycles. The molecule has 2 nitrogen and oxygen atoms in total. The van der Waals surface area contributed by atoms with Crippen LogP contribution in [0, 0.1) is 0 Å². The van der Waals surface area contributed by atoms with Crippen molar-refractivity contribution in [3.63, 3.8) is 0 Å². The van der Waals surface area contributed by atoms with Crippen LogP contribution in [0.15, 0.2) is 234 Å². The molecule has 0 saturated heterocycles. The van der Waals surface area contributed by atoms with E-state index >= 15 is 0 Å². The number of aromatic nitrogens is 1. The van der Waals surface area contributed by atoms with Gasteiger partial charge in [0, 0.05) is 44.4 Å². The summed E-state index contributed by atoms with van der Waals surface area (Å²) in [4.78, 5) is 10.1. The number of hydrogen-bond acceptors (Lipinski definition) is 3. The van der Waals surface area contributed by atoms with Crippen molar-refractivity contribution in [1.82, 2.24) is 4.98 Å². The van der Waals surface area contributed by atoms with E-state index in [0.717, 1.165) is 28.0 Å². The van der Waals surface area contributed by atoms with E-state index in [2.05, 4.69) is 263 Å². The fourth-order valence-corrected chi connectivity index (χ4v) is 15.6. The van der Waals surface area contributed by atoms with Crippen molar-refractivity contribution in [2.24, 2.45) is 0 Å². The molecule has 72 heavy (non-hydrogen) atoms. The molecule has 0 radical (unpaired) electrons. The molecule has 0 saturated carbocycles. The van der Waals surface area contributed by atoms with E-state index in [1.165, 1.54) is 91.8 Å². The first-order valence-corrected chi connectivity index (χ1v) is 33.2. The monoisotopic (exact) mass is 976 g/mol. The van der Waals surface area contributed by atoms with Gasteiger partial charge in [-0.1, -0.05) is 213 Å². The van der Waals surface area contributed by atoms with E-state index in [-0.39, 0.29) is 5.92 Å². The van der Waals surface area contributed by atoms with Gasteiger partial charge >= 0.3 is 0 Å². The fraction of sp³-hybridized carbons (Fsp3) is 0.119. The number of hydrogen-bond donors (Lipinski definition) is 0. The second kappa shape index (κ2) is 16.9. The third-order valence-electron chi connectivity index (χ3n) is 15.6. The van der Waals surface area contributed by atoms with Crippen LogP contribution in [0.3, 0.4) is 0 Å². The topological polar surface area (TPSA) is 16.1 Å². The second-order valence-electron chi connectivity index (χ2n) is 21.9. The number of anilines is 3. The van der Waals surface area contributed by atoms with Crippen LogP contribution in [0.25, 0.3) is 43.6 Å². The van der Waals surface area contributed by atoms with Gasteiger partial charge in [0.25, 0.3) is 0 Å². The predicted molar refractivity (Wildman–Crippen MR) is 313 cm³/mol. The lowest BCUT2D eigenvalue weighted by atomic mass is 9.66. The minimum Gasteiger partial charge on any atom is -0.310 e. The van der Waals surface area contributed by atoms with E-state index in [0.29, 0.717) is 0 Å². The third kappa shape index (κ3) is 7.15. The average Bonchev–Trinajstić information content (AvgIpc) is 3.69. The Morgan fingerprint density at radius 1 is 0.431 bits per heavy atom. The first-order chi connectivity index (χ1) is 34.9. The van der Waals surface area contributed by atoms with Gasteiger partial charge in [-0.3, -0.25) is 4.98 Å². The maximum absolute atomic E-state index is 5.10. The minimum atomic E-state index is -1.55. The summed E-state index contributed by atoms with van der Waals surface area (Å²) in [6.45, 7) is 14.6. The standard InChI is InChI=1S/C67H56N2SSi2/c1-71(2,3)52-32-27-45(28-33-52)65(44-18-9-7-10-19-44)57-42-61-66(55-26-16-15-25-54(55)57)56-36-31-51(69(49-23-11-8-12-24-49)50-29-34-53(35-30-50)72(4,5)6)41-58(56)67(61)59-38-46-20-13-14-21-47(46)39-63(59)70-64-40-48-22-17-37-68-62(48)43-60(64)67/h7-43,65H,1-6H3. The number of nitrogens with zero attached hydrogens (tertiary/aromatic N) is 2. The SMILES string of the molecule is C[Si](C)(C)c1ccc(C(c2ccccc2)c2cc3c(c4ccccc24)-c2ccc(N(c4ccccc4)c4ccc([Si](C)(C)C)cc4)cc2C32c3cc4ccccc4cc3Sc3cc4cccnc4cc32)cc1. The average molecular weight is 977 g/mol. The lowest BCUT2D eigenvalue weighted by Crippen LogP contribution is -2.37. The molecule has 1 aliphatic carbocycles. The molecule has 2 aliphatic rings. The van der Waals surface area contributed by atoms with Crippen molar-refractivity contribution < 1.29 is 0 Å². The highest BCUT2D eigenvalue weighted by atomic mass is 32.2. The zero-order valence-corrected chi connectivity index (χ0v) is 44.6. The molecule has 5 heteroatoms. The predicted octanol–water partition coefficient (Wildman–Crippen LogP) is 17.1. The van der Waals surface area contributed by atoms with Gasteiger partial charge in [-0.15, -0.1) is 0 Å². The number of rotatable bonds is 8. The van der Waals surface area contributed by atoms with Crippen LogP contribution in [0.4, 0.5) is 17.1 Å². The van der Waals surface area contributed by atoms with Crippen molar-refractivity contribution in [1.29, 1.82) is 0 Å². The summed E-state index contributed by atoms with van der Waals surface area (Å²) in [5.41, 5.74) is 15.4. The molecule has 348 valence electrons. The largest absolute Gasteiger partial charge is 0.310 e. The number of pyridine rings is 1. The van der Waals surface area contributed by atoms with Crippen molar-refractivity contribution in [3.05, 3.63) is 264 Å². The Morgan fingerprint density at radius 2 is 0.972 bits per heavy atom. The van der Waals surface area contributed by atoms with Crippen LogP contribution < -0.4 is 15.3 Å². The molecule has 1 aliphatic heterocycles. The van der Waals surface area contributed by atoms with Gasteiger partial charge < -0.3 is 4.90 Å². The Hall–Kier alpha value is -7.29. The first kappa shape index (κ1) is 44.6. The normalized spacial score (nSPS) is 15.3. The lowest BCUT2D eigenvalue weighted by molar-refractivity contribution is 0.724. The van der Waals surface area contributed by atoms with Crippen LogP contribution in [0.2, 0.25) is 39.3 Å². The lowest BCUT2D eigenvalue weighted by Gasteiger charge is -2.41. The molecule has 1 aromatic heterocycles. The van der Waals surface area contributed by atoms with Crippen molar-refractivity contribution in [2.45, 2.75) is 60.4 Å². The summed E-state index contributed by atoms with van der Waals surface area (Å²) in [5.74, 6) is -0.0205. The quantitative estimate of drug-likeness (QED) is 0.111. The summed E-state index contributed by atoms with van der Waals surface area (Å²) in [6, 6.07) is 83.5. The zero-order valence-electron chi connectivity index (χ0n) is 41.7. The minimum absolute atomic E-state index is 0.0205. The van der Waals surface area contributed by atoms with Crippen LogP contribution >= 0.6 is 11.8 Å². The molecular formula is C67H56N2SSi2. The highest BCUT2D eigenvalue weighted by molar-refractivity contribution is 7.99. The van der Waals surface area contributed by atoms with Crippen LogP contribution in [-0.4, -0.2) is 21.1 Å². The second-order valence-corrected chi connectivity index (χ2v) is 33.2. The summed E-state index contributed by atoms with van der Waals surface area (Å²) in [7, 11) is -3.10. The van der Waals surface area contributed by atoms with E-state index in [1.54, 1.807) is 0 Å². The summed E-state index contributed by atoms with van der Waals surface area (Å²) in [5, 5.41) is 9.12. The molecule has 0 N–H and O–H groups in total. The van der Waals surface area contributed by atoms with Crippen LogP contribution in [-0.2, 0) is 5.41 Å². The van der Waals surface area contributed by atoms with Gasteiger partial charge in [-0.05, 0) is 138 Å². The summed E-state index contributed by atoms with van der Waals surface area (Å²) in [6.07, 6.45) is 1.95. The Balaban J connectivity index is 1.17. The van der Waals surface area contributed by atoms with Gasteiger partial charge in [0.05, 0.1) is 27.1 Å².